The highest BCUT2D eigenvalue weighted by molar-refractivity contribution is 5.65. The summed E-state index contributed by atoms with van der Waals surface area (Å²) >= 11 is 0. The second-order valence-corrected chi connectivity index (χ2v) is 5.96. The molecule has 2 aromatic rings. The molecule has 3 nitrogen and oxygen atoms in total. The van der Waals surface area contributed by atoms with Gasteiger partial charge < -0.3 is 10.2 Å². The number of benzene rings is 1. The Hall–Kier alpha value is -2.03. The average Bonchev–Trinajstić information content (AvgIpc) is 2.47. The number of hydrogen-bond donors (Lipinski definition) is 1. The Morgan fingerprint density at radius 2 is 1.57 bits per heavy atom. The van der Waals surface area contributed by atoms with Crippen LogP contribution in [0.5, 0.6) is 0 Å². The summed E-state index contributed by atoms with van der Waals surface area (Å²) in [5, 5.41) is 3.55. The van der Waals surface area contributed by atoms with Crippen LogP contribution in [0.3, 0.4) is 0 Å². The van der Waals surface area contributed by atoms with Crippen molar-refractivity contribution in [3.05, 3.63) is 53.7 Å². The molecular formula is C18H25N3. The van der Waals surface area contributed by atoms with Crippen LogP contribution >= 0.6 is 0 Å². The van der Waals surface area contributed by atoms with Crippen LogP contribution in [-0.4, -0.2) is 19.1 Å². The van der Waals surface area contributed by atoms with Crippen molar-refractivity contribution in [3.8, 4) is 0 Å². The Kier molecular flexibility index (Phi) is 4.84. The van der Waals surface area contributed by atoms with Gasteiger partial charge in [-0.2, -0.15) is 0 Å². The van der Waals surface area contributed by atoms with Crippen molar-refractivity contribution < 1.29 is 0 Å². The maximum absolute atomic E-state index is 4.43. The molecule has 1 heterocycles. The third kappa shape index (κ3) is 3.75. The molecule has 0 saturated carbocycles. The first-order valence-corrected chi connectivity index (χ1v) is 7.47. The van der Waals surface area contributed by atoms with E-state index in [1.165, 1.54) is 11.1 Å². The largest absolute Gasteiger partial charge is 0.376 e. The number of anilines is 2. The molecule has 2 rings (SSSR count). The molecule has 1 unspecified atom stereocenters. The van der Waals surface area contributed by atoms with Crippen LogP contribution < -0.4 is 10.2 Å². The van der Waals surface area contributed by atoms with Crippen molar-refractivity contribution in [2.24, 2.45) is 0 Å². The lowest BCUT2D eigenvalue weighted by Crippen LogP contribution is -2.15. The minimum atomic E-state index is 0.245. The summed E-state index contributed by atoms with van der Waals surface area (Å²) in [6, 6.07) is 13.1. The summed E-state index contributed by atoms with van der Waals surface area (Å²) in [5.74, 6) is 1.53. The second kappa shape index (κ2) is 6.61. The zero-order chi connectivity index (χ0) is 15.4. The highest BCUT2D eigenvalue weighted by Crippen LogP contribution is 2.26. The highest BCUT2D eigenvalue weighted by atomic mass is 15.2. The topological polar surface area (TPSA) is 28.2 Å². The SMILES string of the molecule is CC(C)c1ccc(C(C)Nc2cccnc2N(C)C)cc1. The van der Waals surface area contributed by atoms with Gasteiger partial charge in [-0.3, -0.25) is 0 Å². The van der Waals surface area contributed by atoms with Gasteiger partial charge in [0.15, 0.2) is 5.82 Å². The highest BCUT2D eigenvalue weighted by Gasteiger charge is 2.10. The maximum Gasteiger partial charge on any atom is 0.151 e. The molecule has 1 aromatic carbocycles. The van der Waals surface area contributed by atoms with E-state index in [4.69, 9.17) is 0 Å². The summed E-state index contributed by atoms with van der Waals surface area (Å²) in [6.07, 6.45) is 1.82. The van der Waals surface area contributed by atoms with Crippen LogP contribution in [0.4, 0.5) is 11.5 Å². The average molecular weight is 283 g/mol. The molecule has 3 heteroatoms. The molecule has 1 atom stereocenters. The molecule has 0 aliphatic carbocycles. The molecule has 21 heavy (non-hydrogen) atoms. The predicted molar refractivity (Wildman–Crippen MR) is 91.1 cm³/mol. The fourth-order valence-corrected chi connectivity index (χ4v) is 2.35. The molecule has 0 fully saturated rings. The van der Waals surface area contributed by atoms with E-state index in [9.17, 15) is 0 Å². The van der Waals surface area contributed by atoms with Crippen molar-refractivity contribution in [1.82, 2.24) is 4.98 Å². The smallest absolute Gasteiger partial charge is 0.151 e. The minimum Gasteiger partial charge on any atom is -0.376 e. The Morgan fingerprint density at radius 1 is 0.952 bits per heavy atom. The van der Waals surface area contributed by atoms with Crippen molar-refractivity contribution >= 4 is 11.5 Å². The Labute approximate surface area is 128 Å². The van der Waals surface area contributed by atoms with Crippen molar-refractivity contribution in [1.29, 1.82) is 0 Å². The van der Waals surface area contributed by atoms with Gasteiger partial charge in [0, 0.05) is 26.3 Å². The lowest BCUT2D eigenvalue weighted by Gasteiger charge is -2.21. The van der Waals surface area contributed by atoms with Crippen molar-refractivity contribution in [2.45, 2.75) is 32.7 Å². The number of aromatic nitrogens is 1. The summed E-state index contributed by atoms with van der Waals surface area (Å²) in [6.45, 7) is 6.61. The number of pyridine rings is 1. The molecule has 1 N–H and O–H groups in total. The number of hydrogen-bond acceptors (Lipinski definition) is 3. The third-order valence-corrected chi connectivity index (χ3v) is 3.69. The van der Waals surface area contributed by atoms with Crippen LogP contribution in [0.15, 0.2) is 42.6 Å². The van der Waals surface area contributed by atoms with Crippen LogP contribution in [0.2, 0.25) is 0 Å². The van der Waals surface area contributed by atoms with Crippen molar-refractivity contribution in [3.63, 3.8) is 0 Å². The zero-order valence-electron chi connectivity index (χ0n) is 13.6. The Balaban J connectivity index is 2.16. The lowest BCUT2D eigenvalue weighted by molar-refractivity contribution is 0.851. The monoisotopic (exact) mass is 283 g/mol. The van der Waals surface area contributed by atoms with Gasteiger partial charge in [-0.1, -0.05) is 38.1 Å². The number of nitrogens with one attached hydrogen (secondary N) is 1. The van der Waals surface area contributed by atoms with Gasteiger partial charge in [-0.05, 0) is 36.1 Å². The van der Waals surface area contributed by atoms with Crippen LogP contribution in [-0.2, 0) is 0 Å². The Bertz CT molecular complexity index is 573. The van der Waals surface area contributed by atoms with E-state index in [1.54, 1.807) is 0 Å². The molecule has 0 bridgehead atoms. The molecule has 0 saturated heterocycles. The first-order valence-electron chi connectivity index (χ1n) is 7.47. The van der Waals surface area contributed by atoms with Gasteiger partial charge in [-0.25, -0.2) is 4.98 Å². The van der Waals surface area contributed by atoms with Gasteiger partial charge in [0.1, 0.15) is 0 Å². The van der Waals surface area contributed by atoms with Gasteiger partial charge in [-0.15, -0.1) is 0 Å². The molecule has 1 aromatic heterocycles. The predicted octanol–water partition coefficient (Wildman–Crippen LogP) is 4.44. The van der Waals surface area contributed by atoms with Gasteiger partial charge >= 0.3 is 0 Å². The number of rotatable bonds is 5. The zero-order valence-corrected chi connectivity index (χ0v) is 13.6. The molecule has 112 valence electrons. The van der Waals surface area contributed by atoms with Gasteiger partial charge in [0.05, 0.1) is 5.69 Å². The molecule has 0 amide bonds. The first kappa shape index (κ1) is 15.4. The summed E-state index contributed by atoms with van der Waals surface area (Å²) in [7, 11) is 4.02. The van der Waals surface area contributed by atoms with Gasteiger partial charge in [0.25, 0.3) is 0 Å². The summed E-state index contributed by atoms with van der Waals surface area (Å²) in [5.41, 5.74) is 3.72. The normalized spacial score (nSPS) is 12.3. The molecule has 0 aliphatic heterocycles. The fourth-order valence-electron chi connectivity index (χ4n) is 2.35. The van der Waals surface area contributed by atoms with E-state index in [0.29, 0.717) is 5.92 Å². The minimum absolute atomic E-state index is 0.245. The molecule has 0 spiro atoms. The third-order valence-electron chi connectivity index (χ3n) is 3.69. The second-order valence-electron chi connectivity index (χ2n) is 5.96. The fraction of sp³-hybridized carbons (Fsp3) is 0.389. The van der Waals surface area contributed by atoms with E-state index < -0.39 is 0 Å². The quantitative estimate of drug-likeness (QED) is 0.879. The van der Waals surface area contributed by atoms with E-state index in [0.717, 1.165) is 11.5 Å². The van der Waals surface area contributed by atoms with Crippen LogP contribution in [0.25, 0.3) is 0 Å². The van der Waals surface area contributed by atoms with E-state index >= 15 is 0 Å². The lowest BCUT2D eigenvalue weighted by atomic mass is 9.99. The molecule has 0 aliphatic rings. The molecular weight excluding hydrogens is 258 g/mol. The van der Waals surface area contributed by atoms with E-state index in [1.807, 2.05) is 31.3 Å². The maximum atomic E-state index is 4.43. The van der Waals surface area contributed by atoms with E-state index in [2.05, 4.69) is 61.4 Å². The van der Waals surface area contributed by atoms with E-state index in [-0.39, 0.29) is 6.04 Å². The van der Waals surface area contributed by atoms with Crippen molar-refractivity contribution in [2.75, 3.05) is 24.3 Å². The van der Waals surface area contributed by atoms with Crippen LogP contribution in [0, 0.1) is 0 Å². The Morgan fingerprint density at radius 3 is 2.14 bits per heavy atom. The first-order chi connectivity index (χ1) is 9.99. The van der Waals surface area contributed by atoms with Gasteiger partial charge in [0.2, 0.25) is 0 Å². The standard InChI is InChI=1S/C18H25N3/c1-13(2)15-8-10-16(11-9-15)14(3)20-17-7-6-12-19-18(17)21(4)5/h6-14,20H,1-5H3. The molecule has 0 radical (unpaired) electrons. The summed E-state index contributed by atoms with van der Waals surface area (Å²) in [4.78, 5) is 6.45. The number of nitrogens with zero attached hydrogens (tertiary/aromatic N) is 2. The summed E-state index contributed by atoms with van der Waals surface area (Å²) < 4.78 is 0. The van der Waals surface area contributed by atoms with Crippen LogP contribution in [0.1, 0.15) is 43.9 Å².